The van der Waals surface area contributed by atoms with Gasteiger partial charge in [-0.15, -0.1) is 0 Å². The molecule has 0 radical (unpaired) electrons. The van der Waals surface area contributed by atoms with Crippen LogP contribution in [0.15, 0.2) is 29.2 Å². The van der Waals surface area contributed by atoms with Gasteiger partial charge in [0.15, 0.2) is 0 Å². The molecule has 0 unspecified atom stereocenters. The van der Waals surface area contributed by atoms with Gasteiger partial charge in [0.2, 0.25) is 0 Å². The van der Waals surface area contributed by atoms with Crippen molar-refractivity contribution >= 4 is 19.7 Å². The zero-order valence-corrected chi connectivity index (χ0v) is 10.1. The lowest BCUT2D eigenvalue weighted by atomic mass is 9.91. The number of hydrogen-bond acceptors (Lipinski definition) is 3. The Morgan fingerprint density at radius 3 is 2.41 bits per heavy atom. The Morgan fingerprint density at radius 1 is 1.29 bits per heavy atom. The van der Waals surface area contributed by atoms with E-state index in [1.54, 1.807) is 6.07 Å². The van der Waals surface area contributed by atoms with Gasteiger partial charge >= 0.3 is 0 Å². The van der Waals surface area contributed by atoms with Crippen LogP contribution in [0.2, 0.25) is 0 Å². The van der Waals surface area contributed by atoms with Crippen LogP contribution in [0.1, 0.15) is 12.8 Å². The van der Waals surface area contributed by atoms with Crippen LogP contribution in [0.4, 0.5) is 8.78 Å². The fraction of sp³-hybridized carbons (Fsp3) is 0.400. The highest BCUT2D eigenvalue weighted by Crippen LogP contribution is 2.40. The third-order valence-corrected chi connectivity index (χ3v) is 3.82. The number of halogens is 3. The topological polar surface area (TPSA) is 43.4 Å². The van der Waals surface area contributed by atoms with Crippen LogP contribution >= 0.6 is 10.7 Å². The highest BCUT2D eigenvalue weighted by molar-refractivity contribution is 8.13. The summed E-state index contributed by atoms with van der Waals surface area (Å²) < 4.78 is 52.8. The molecule has 1 aliphatic carbocycles. The van der Waals surface area contributed by atoms with E-state index in [1.165, 1.54) is 18.2 Å². The van der Waals surface area contributed by atoms with Crippen LogP contribution in [0, 0.1) is 0 Å². The molecule has 94 valence electrons. The van der Waals surface area contributed by atoms with Crippen LogP contribution in [0.25, 0.3) is 0 Å². The Bertz CT molecular complexity index is 522. The molecule has 0 spiro atoms. The van der Waals surface area contributed by atoms with Crippen molar-refractivity contribution in [3.8, 4) is 5.75 Å². The highest BCUT2D eigenvalue weighted by Gasteiger charge is 2.47. The molecular formula is C10H9ClF2O3S. The predicted molar refractivity (Wildman–Crippen MR) is 58.1 cm³/mol. The maximum absolute atomic E-state index is 12.6. The van der Waals surface area contributed by atoms with Gasteiger partial charge in [-0.25, -0.2) is 17.2 Å². The van der Waals surface area contributed by atoms with Gasteiger partial charge in [-0.3, -0.25) is 0 Å². The van der Waals surface area contributed by atoms with Gasteiger partial charge in [0.05, 0.1) is 0 Å². The Morgan fingerprint density at radius 2 is 1.88 bits per heavy atom. The zero-order chi connectivity index (χ0) is 12.7. The van der Waals surface area contributed by atoms with Crippen LogP contribution in [-0.4, -0.2) is 20.4 Å². The summed E-state index contributed by atoms with van der Waals surface area (Å²) in [4.78, 5) is -0.197. The number of para-hydroxylation sites is 1. The first kappa shape index (κ1) is 12.6. The minimum Gasteiger partial charge on any atom is -0.489 e. The van der Waals surface area contributed by atoms with Crippen molar-refractivity contribution in [3.05, 3.63) is 24.3 Å². The Labute approximate surface area is 102 Å². The van der Waals surface area contributed by atoms with Crippen LogP contribution in [0.5, 0.6) is 5.75 Å². The maximum atomic E-state index is 12.6. The molecule has 1 saturated carbocycles. The van der Waals surface area contributed by atoms with Crippen molar-refractivity contribution in [3.63, 3.8) is 0 Å². The van der Waals surface area contributed by atoms with Crippen molar-refractivity contribution < 1.29 is 21.9 Å². The SMILES string of the molecule is O=S(=O)(Cl)c1ccccc1OC1CC(F)(F)C1. The molecule has 0 amide bonds. The van der Waals surface area contributed by atoms with Gasteiger partial charge in [-0.05, 0) is 12.1 Å². The Balaban J connectivity index is 2.17. The number of hydrogen-bond donors (Lipinski definition) is 0. The first-order chi connectivity index (χ1) is 7.78. The molecule has 0 aromatic heterocycles. The van der Waals surface area contributed by atoms with Crippen LogP contribution < -0.4 is 4.74 Å². The summed E-state index contributed by atoms with van der Waals surface area (Å²) in [5.41, 5.74) is 0. The minimum atomic E-state index is -3.93. The van der Waals surface area contributed by atoms with E-state index in [0.717, 1.165) is 0 Å². The minimum absolute atomic E-state index is 0.0167. The van der Waals surface area contributed by atoms with E-state index in [9.17, 15) is 17.2 Å². The molecule has 0 N–H and O–H groups in total. The van der Waals surface area contributed by atoms with E-state index in [0.29, 0.717) is 0 Å². The van der Waals surface area contributed by atoms with Gasteiger partial charge in [0.1, 0.15) is 16.7 Å². The second-order valence-electron chi connectivity index (χ2n) is 3.89. The average Bonchev–Trinajstić information content (AvgIpc) is 2.14. The summed E-state index contributed by atoms with van der Waals surface area (Å²) >= 11 is 0. The lowest BCUT2D eigenvalue weighted by Gasteiger charge is -2.35. The van der Waals surface area contributed by atoms with Gasteiger partial charge in [-0.1, -0.05) is 12.1 Å². The lowest BCUT2D eigenvalue weighted by molar-refractivity contribution is -0.135. The molecule has 17 heavy (non-hydrogen) atoms. The molecule has 1 aromatic rings. The van der Waals surface area contributed by atoms with E-state index in [1.807, 2.05) is 0 Å². The predicted octanol–water partition coefficient (Wildman–Crippen LogP) is 2.79. The molecule has 0 bridgehead atoms. The quantitative estimate of drug-likeness (QED) is 0.801. The summed E-state index contributed by atoms with van der Waals surface area (Å²) in [6.45, 7) is 0. The number of ether oxygens (including phenoxy) is 1. The van der Waals surface area contributed by atoms with Gasteiger partial charge in [-0.2, -0.15) is 0 Å². The van der Waals surface area contributed by atoms with Crippen molar-refractivity contribution in [1.82, 2.24) is 0 Å². The molecule has 0 aliphatic heterocycles. The molecule has 1 aliphatic rings. The summed E-state index contributed by atoms with van der Waals surface area (Å²) in [6.07, 6.45) is -1.46. The summed E-state index contributed by atoms with van der Waals surface area (Å²) in [5, 5.41) is 0. The smallest absolute Gasteiger partial charge is 0.264 e. The molecule has 0 heterocycles. The van der Waals surface area contributed by atoms with Crippen molar-refractivity contribution in [2.24, 2.45) is 0 Å². The molecule has 7 heteroatoms. The lowest BCUT2D eigenvalue weighted by Crippen LogP contribution is -2.43. The normalized spacial score (nSPS) is 19.7. The summed E-state index contributed by atoms with van der Waals surface area (Å²) in [7, 11) is 1.28. The van der Waals surface area contributed by atoms with Crippen LogP contribution in [-0.2, 0) is 9.05 Å². The third kappa shape index (κ3) is 2.87. The van der Waals surface area contributed by atoms with Crippen molar-refractivity contribution in [1.29, 1.82) is 0 Å². The largest absolute Gasteiger partial charge is 0.489 e. The van der Waals surface area contributed by atoms with E-state index in [4.69, 9.17) is 15.4 Å². The number of alkyl halides is 2. The zero-order valence-electron chi connectivity index (χ0n) is 8.57. The Kier molecular flexibility index (Phi) is 3.03. The van der Waals surface area contributed by atoms with Crippen molar-refractivity contribution in [2.45, 2.75) is 29.8 Å². The third-order valence-electron chi connectivity index (χ3n) is 2.46. The Hall–Kier alpha value is -0.880. The first-order valence-electron chi connectivity index (χ1n) is 4.86. The van der Waals surface area contributed by atoms with E-state index in [-0.39, 0.29) is 10.6 Å². The average molecular weight is 283 g/mol. The highest BCUT2D eigenvalue weighted by atomic mass is 35.7. The molecule has 0 saturated heterocycles. The van der Waals surface area contributed by atoms with Gasteiger partial charge < -0.3 is 4.74 Å². The maximum Gasteiger partial charge on any atom is 0.264 e. The second kappa shape index (κ2) is 4.10. The summed E-state index contributed by atoms with van der Waals surface area (Å²) in [6, 6.07) is 5.70. The monoisotopic (exact) mass is 282 g/mol. The van der Waals surface area contributed by atoms with Crippen molar-refractivity contribution in [2.75, 3.05) is 0 Å². The van der Waals surface area contributed by atoms with Gasteiger partial charge in [0.25, 0.3) is 15.0 Å². The van der Waals surface area contributed by atoms with E-state index < -0.39 is 33.9 Å². The molecule has 1 aromatic carbocycles. The molecule has 3 nitrogen and oxygen atoms in total. The number of rotatable bonds is 3. The fourth-order valence-electron chi connectivity index (χ4n) is 1.62. The molecule has 0 atom stereocenters. The standard InChI is InChI=1S/C10H9ClF2O3S/c11-17(14,15)9-4-2-1-3-8(9)16-7-5-10(12,13)6-7/h1-4,7H,5-6H2. The first-order valence-corrected chi connectivity index (χ1v) is 7.17. The number of benzene rings is 1. The van der Waals surface area contributed by atoms with E-state index >= 15 is 0 Å². The van der Waals surface area contributed by atoms with Gasteiger partial charge in [0, 0.05) is 23.5 Å². The molecular weight excluding hydrogens is 274 g/mol. The second-order valence-corrected chi connectivity index (χ2v) is 6.42. The fourth-order valence-corrected chi connectivity index (χ4v) is 2.60. The van der Waals surface area contributed by atoms with Crippen LogP contribution in [0.3, 0.4) is 0 Å². The summed E-state index contributed by atoms with van der Waals surface area (Å²) in [5.74, 6) is -2.69. The molecule has 1 fully saturated rings. The molecule has 2 rings (SSSR count). The van der Waals surface area contributed by atoms with E-state index in [2.05, 4.69) is 0 Å².